The molecule has 0 aromatic heterocycles. The van der Waals surface area contributed by atoms with Crippen molar-refractivity contribution in [2.75, 3.05) is 13.7 Å². The van der Waals surface area contributed by atoms with Gasteiger partial charge in [0.15, 0.2) is 15.8 Å². The first-order valence-electron chi connectivity index (χ1n) is 8.89. The SMILES string of the molecule is CCOc1ccc(/C=C2\SC(=S)N(NC(=O)c3ccc(C)cc3)C2=O)cc1OC. The van der Waals surface area contributed by atoms with Gasteiger partial charge in [0, 0.05) is 5.56 Å². The van der Waals surface area contributed by atoms with Crippen LogP contribution in [0.1, 0.15) is 28.4 Å². The zero-order chi connectivity index (χ0) is 21.0. The van der Waals surface area contributed by atoms with Crippen LogP contribution in [0.3, 0.4) is 0 Å². The van der Waals surface area contributed by atoms with E-state index in [1.165, 1.54) is 0 Å². The van der Waals surface area contributed by atoms with Crippen molar-refractivity contribution < 1.29 is 19.1 Å². The fraction of sp³-hybridized carbons (Fsp3) is 0.190. The zero-order valence-electron chi connectivity index (χ0n) is 16.2. The quantitative estimate of drug-likeness (QED) is 0.555. The molecule has 0 atom stereocenters. The van der Waals surface area contributed by atoms with Gasteiger partial charge >= 0.3 is 0 Å². The van der Waals surface area contributed by atoms with Crippen molar-refractivity contribution in [1.82, 2.24) is 10.4 Å². The Bertz CT molecular complexity index is 987. The maximum Gasteiger partial charge on any atom is 0.285 e. The molecule has 29 heavy (non-hydrogen) atoms. The van der Waals surface area contributed by atoms with Gasteiger partial charge in [0.2, 0.25) is 0 Å². The van der Waals surface area contributed by atoms with Crippen molar-refractivity contribution in [1.29, 1.82) is 0 Å². The molecule has 0 unspecified atom stereocenters. The van der Waals surface area contributed by atoms with Crippen LogP contribution >= 0.6 is 24.0 Å². The molecule has 2 aromatic rings. The highest BCUT2D eigenvalue weighted by atomic mass is 32.2. The van der Waals surface area contributed by atoms with Gasteiger partial charge in [-0.15, -0.1) is 0 Å². The van der Waals surface area contributed by atoms with E-state index in [1.54, 1.807) is 37.5 Å². The lowest BCUT2D eigenvalue weighted by atomic mass is 10.1. The van der Waals surface area contributed by atoms with Crippen molar-refractivity contribution in [2.45, 2.75) is 13.8 Å². The molecule has 8 heteroatoms. The summed E-state index contributed by atoms with van der Waals surface area (Å²) < 4.78 is 11.1. The molecule has 1 N–H and O–H groups in total. The van der Waals surface area contributed by atoms with E-state index in [2.05, 4.69) is 5.43 Å². The molecule has 6 nitrogen and oxygen atoms in total. The Balaban J connectivity index is 1.77. The number of amides is 2. The van der Waals surface area contributed by atoms with E-state index in [-0.39, 0.29) is 10.2 Å². The first-order chi connectivity index (χ1) is 13.9. The summed E-state index contributed by atoms with van der Waals surface area (Å²) in [5.41, 5.74) is 4.83. The number of methoxy groups -OCH3 is 1. The third kappa shape index (κ3) is 4.78. The Hall–Kier alpha value is -2.84. The molecule has 3 rings (SSSR count). The standard InChI is InChI=1S/C21H20N2O4S2/c1-4-27-16-10-7-14(11-17(16)26-3)12-18-20(25)23(21(28)29-18)22-19(24)15-8-5-13(2)6-9-15/h5-12H,4H2,1-3H3,(H,22,24)/b18-12-. The van der Waals surface area contributed by atoms with Gasteiger partial charge in [0.25, 0.3) is 11.8 Å². The van der Waals surface area contributed by atoms with Gasteiger partial charge in [-0.3, -0.25) is 15.0 Å². The van der Waals surface area contributed by atoms with Gasteiger partial charge in [-0.2, -0.15) is 5.01 Å². The molecule has 1 aliphatic heterocycles. The zero-order valence-corrected chi connectivity index (χ0v) is 17.9. The van der Waals surface area contributed by atoms with E-state index in [4.69, 9.17) is 21.7 Å². The highest BCUT2D eigenvalue weighted by Crippen LogP contribution is 2.34. The van der Waals surface area contributed by atoms with Crippen LogP contribution in [0.5, 0.6) is 11.5 Å². The van der Waals surface area contributed by atoms with Gasteiger partial charge in [-0.05, 0) is 62.0 Å². The maximum absolute atomic E-state index is 12.7. The summed E-state index contributed by atoms with van der Waals surface area (Å²) in [6.07, 6.45) is 1.70. The summed E-state index contributed by atoms with van der Waals surface area (Å²) in [5, 5.41) is 1.10. The monoisotopic (exact) mass is 428 g/mol. The number of carbonyl (C=O) groups excluding carboxylic acids is 2. The van der Waals surface area contributed by atoms with Gasteiger partial charge in [-0.25, -0.2) is 0 Å². The molecule has 0 bridgehead atoms. The van der Waals surface area contributed by atoms with Crippen LogP contribution in [0, 0.1) is 6.92 Å². The summed E-state index contributed by atoms with van der Waals surface area (Å²) in [5.74, 6) is 0.424. The third-order valence-electron chi connectivity index (χ3n) is 4.11. The molecule has 2 aromatic carbocycles. The highest BCUT2D eigenvalue weighted by molar-refractivity contribution is 8.26. The van der Waals surface area contributed by atoms with E-state index in [0.29, 0.717) is 28.6 Å². The van der Waals surface area contributed by atoms with Crippen molar-refractivity contribution in [3.63, 3.8) is 0 Å². The smallest absolute Gasteiger partial charge is 0.285 e. The van der Waals surface area contributed by atoms with Crippen LogP contribution in [0.4, 0.5) is 0 Å². The summed E-state index contributed by atoms with van der Waals surface area (Å²) >= 11 is 6.40. The molecule has 1 heterocycles. The number of benzene rings is 2. The topological polar surface area (TPSA) is 67.9 Å². The van der Waals surface area contributed by atoms with Crippen molar-refractivity contribution >= 4 is 46.2 Å². The fourth-order valence-corrected chi connectivity index (χ4v) is 3.81. The van der Waals surface area contributed by atoms with Crippen LogP contribution in [0.2, 0.25) is 0 Å². The lowest BCUT2D eigenvalue weighted by molar-refractivity contribution is -0.123. The van der Waals surface area contributed by atoms with E-state index in [9.17, 15) is 9.59 Å². The summed E-state index contributed by atoms with van der Waals surface area (Å²) in [6, 6.07) is 12.5. The number of ether oxygens (including phenoxy) is 2. The number of thiocarbonyl (C=S) groups is 1. The molecule has 0 radical (unpaired) electrons. The number of hydrazine groups is 1. The van der Waals surface area contributed by atoms with Gasteiger partial charge < -0.3 is 9.47 Å². The fourth-order valence-electron chi connectivity index (χ4n) is 2.64. The van der Waals surface area contributed by atoms with Gasteiger partial charge in [-0.1, -0.05) is 35.5 Å². The summed E-state index contributed by atoms with van der Waals surface area (Å²) in [6.45, 7) is 4.35. The predicted octanol–water partition coefficient (Wildman–Crippen LogP) is 3.95. The molecule has 0 saturated carbocycles. The van der Waals surface area contributed by atoms with Gasteiger partial charge in [0.05, 0.1) is 18.6 Å². The molecular formula is C21H20N2O4S2. The molecular weight excluding hydrogens is 408 g/mol. The number of aryl methyl sites for hydroxylation is 1. The lowest BCUT2D eigenvalue weighted by Gasteiger charge is -2.15. The molecule has 1 aliphatic rings. The number of nitrogens with zero attached hydrogens (tertiary/aromatic N) is 1. The van der Waals surface area contributed by atoms with Crippen molar-refractivity contribution in [3.05, 3.63) is 64.1 Å². The van der Waals surface area contributed by atoms with E-state index < -0.39 is 5.91 Å². The van der Waals surface area contributed by atoms with Crippen molar-refractivity contribution in [3.8, 4) is 11.5 Å². The average molecular weight is 429 g/mol. The first-order valence-corrected chi connectivity index (χ1v) is 10.1. The lowest BCUT2D eigenvalue weighted by Crippen LogP contribution is -2.44. The molecule has 1 fully saturated rings. The number of rotatable bonds is 6. The van der Waals surface area contributed by atoms with Crippen LogP contribution < -0.4 is 14.9 Å². The maximum atomic E-state index is 12.7. The van der Waals surface area contributed by atoms with Crippen LogP contribution in [-0.4, -0.2) is 34.9 Å². The largest absolute Gasteiger partial charge is 0.493 e. The van der Waals surface area contributed by atoms with Crippen molar-refractivity contribution in [2.24, 2.45) is 0 Å². The number of hydrogen-bond acceptors (Lipinski definition) is 6. The Morgan fingerprint density at radius 3 is 2.59 bits per heavy atom. The Kier molecular flexibility index (Phi) is 6.56. The minimum atomic E-state index is -0.398. The third-order valence-corrected chi connectivity index (χ3v) is 5.41. The second kappa shape index (κ2) is 9.11. The average Bonchev–Trinajstić information content (AvgIpc) is 2.97. The number of hydrogen-bond donors (Lipinski definition) is 1. The minimum Gasteiger partial charge on any atom is -0.493 e. The van der Waals surface area contributed by atoms with Crippen LogP contribution in [0.25, 0.3) is 6.08 Å². The molecule has 150 valence electrons. The molecule has 2 amide bonds. The Morgan fingerprint density at radius 2 is 1.93 bits per heavy atom. The van der Waals surface area contributed by atoms with Crippen LogP contribution in [-0.2, 0) is 4.79 Å². The molecule has 1 saturated heterocycles. The summed E-state index contributed by atoms with van der Waals surface area (Å²) in [7, 11) is 1.56. The second-order valence-electron chi connectivity index (χ2n) is 6.17. The van der Waals surface area contributed by atoms with E-state index in [1.807, 2.05) is 32.0 Å². The normalized spacial score (nSPS) is 15.0. The summed E-state index contributed by atoms with van der Waals surface area (Å²) in [4.78, 5) is 25.6. The second-order valence-corrected chi connectivity index (χ2v) is 7.84. The minimum absolute atomic E-state index is 0.264. The number of carbonyl (C=O) groups is 2. The van der Waals surface area contributed by atoms with E-state index >= 15 is 0 Å². The van der Waals surface area contributed by atoms with Gasteiger partial charge in [0.1, 0.15) is 0 Å². The Labute approximate surface area is 178 Å². The number of thioether (sulfide) groups is 1. The molecule has 0 spiro atoms. The van der Waals surface area contributed by atoms with Crippen LogP contribution in [0.15, 0.2) is 47.4 Å². The Morgan fingerprint density at radius 1 is 1.21 bits per heavy atom. The van der Waals surface area contributed by atoms with E-state index in [0.717, 1.165) is 27.9 Å². The molecule has 0 aliphatic carbocycles. The predicted molar refractivity (Wildman–Crippen MR) is 118 cm³/mol. The number of nitrogens with one attached hydrogen (secondary N) is 1. The first kappa shape index (κ1) is 20.9. The highest BCUT2D eigenvalue weighted by Gasteiger charge is 2.33.